The van der Waals surface area contributed by atoms with Gasteiger partial charge in [-0.05, 0) is 58.5 Å². The lowest BCUT2D eigenvalue weighted by Gasteiger charge is -2.13. The number of methoxy groups -OCH3 is 1. The van der Waals surface area contributed by atoms with Crippen LogP contribution in [0.1, 0.15) is 5.56 Å². The molecule has 32 heavy (non-hydrogen) atoms. The van der Waals surface area contributed by atoms with Gasteiger partial charge in [-0.25, -0.2) is 4.98 Å². The van der Waals surface area contributed by atoms with Crippen LogP contribution in [-0.4, -0.2) is 17.1 Å². The fourth-order valence-corrected chi connectivity index (χ4v) is 3.70. The molecule has 3 aromatic carbocycles. The Labute approximate surface area is 187 Å². The minimum absolute atomic E-state index is 0.447. The summed E-state index contributed by atoms with van der Waals surface area (Å²) in [5, 5.41) is 2.03. The van der Waals surface area contributed by atoms with Gasteiger partial charge in [0.2, 0.25) is 5.88 Å². The van der Waals surface area contributed by atoms with Crippen molar-refractivity contribution in [1.29, 1.82) is 0 Å². The largest absolute Gasteiger partial charge is 0.497 e. The molecule has 0 fully saturated rings. The molecule has 156 valence electrons. The number of fused-ring (bicyclic) bond motifs is 1. The third-order valence-corrected chi connectivity index (χ3v) is 5.38. The standard InChI is InChI=1S/C28H22N2O2/c1-31-25-11-5-9-21(15-25)22-12-13-23-17-27(24-10-6-14-29-18-24)30-28(26(23)16-22)32-19-20-7-3-2-4-8-20/h2-18H,19H2,1H3. The van der Waals surface area contributed by atoms with Crippen molar-refractivity contribution < 1.29 is 9.47 Å². The highest BCUT2D eigenvalue weighted by Crippen LogP contribution is 2.34. The lowest BCUT2D eigenvalue weighted by Crippen LogP contribution is -1.99. The van der Waals surface area contributed by atoms with E-state index in [1.54, 1.807) is 13.3 Å². The van der Waals surface area contributed by atoms with Gasteiger partial charge in [-0.3, -0.25) is 4.98 Å². The normalized spacial score (nSPS) is 10.8. The molecule has 0 saturated carbocycles. The first kappa shape index (κ1) is 19.8. The zero-order valence-corrected chi connectivity index (χ0v) is 17.7. The highest BCUT2D eigenvalue weighted by molar-refractivity contribution is 5.93. The number of hydrogen-bond donors (Lipinski definition) is 0. The van der Waals surface area contributed by atoms with E-state index >= 15 is 0 Å². The lowest BCUT2D eigenvalue weighted by atomic mass is 10.0. The maximum absolute atomic E-state index is 6.25. The first-order chi connectivity index (χ1) is 15.8. The second-order valence-corrected chi connectivity index (χ2v) is 7.50. The second-order valence-electron chi connectivity index (χ2n) is 7.50. The van der Waals surface area contributed by atoms with Gasteiger partial charge in [0.1, 0.15) is 12.4 Å². The molecule has 0 amide bonds. The molecule has 0 spiro atoms. The molecule has 0 saturated heterocycles. The molecule has 4 heteroatoms. The van der Waals surface area contributed by atoms with Gasteiger partial charge in [0, 0.05) is 23.3 Å². The Morgan fingerprint density at radius 1 is 0.750 bits per heavy atom. The molecule has 0 radical (unpaired) electrons. The summed E-state index contributed by atoms with van der Waals surface area (Å²) in [5.41, 5.74) is 5.05. The smallest absolute Gasteiger partial charge is 0.222 e. The van der Waals surface area contributed by atoms with E-state index in [9.17, 15) is 0 Å². The predicted octanol–water partition coefficient (Wildman–Crippen LogP) is 6.55. The third-order valence-electron chi connectivity index (χ3n) is 5.38. The maximum atomic E-state index is 6.25. The number of aromatic nitrogens is 2. The van der Waals surface area contributed by atoms with Crippen LogP contribution in [0.3, 0.4) is 0 Å². The average molecular weight is 418 g/mol. The molecule has 0 N–H and O–H groups in total. The van der Waals surface area contributed by atoms with Crippen molar-refractivity contribution >= 4 is 10.8 Å². The number of nitrogens with zero attached hydrogens (tertiary/aromatic N) is 2. The molecule has 5 rings (SSSR count). The molecule has 0 aliphatic heterocycles. The zero-order valence-electron chi connectivity index (χ0n) is 17.7. The zero-order chi connectivity index (χ0) is 21.8. The summed E-state index contributed by atoms with van der Waals surface area (Å²) in [6, 6.07) is 30.5. The van der Waals surface area contributed by atoms with Crippen molar-refractivity contribution in [2.45, 2.75) is 6.61 Å². The number of pyridine rings is 2. The third kappa shape index (κ3) is 4.16. The summed E-state index contributed by atoms with van der Waals surface area (Å²) >= 11 is 0. The minimum atomic E-state index is 0.447. The second kappa shape index (κ2) is 8.90. The van der Waals surface area contributed by atoms with E-state index in [0.29, 0.717) is 12.5 Å². The van der Waals surface area contributed by atoms with Crippen LogP contribution in [0.4, 0.5) is 0 Å². The monoisotopic (exact) mass is 418 g/mol. The topological polar surface area (TPSA) is 44.2 Å². The van der Waals surface area contributed by atoms with Crippen molar-refractivity contribution in [3.8, 4) is 34.0 Å². The Balaban J connectivity index is 1.61. The molecule has 0 unspecified atom stereocenters. The van der Waals surface area contributed by atoms with Crippen LogP contribution in [-0.2, 0) is 6.61 Å². The van der Waals surface area contributed by atoms with E-state index in [4.69, 9.17) is 14.5 Å². The van der Waals surface area contributed by atoms with Crippen LogP contribution in [0.25, 0.3) is 33.2 Å². The summed E-state index contributed by atoms with van der Waals surface area (Å²) in [5.74, 6) is 1.43. The first-order valence-electron chi connectivity index (χ1n) is 10.5. The Hall–Kier alpha value is -4.18. The number of hydrogen-bond acceptors (Lipinski definition) is 4. The quantitative estimate of drug-likeness (QED) is 0.314. The van der Waals surface area contributed by atoms with E-state index in [1.807, 2.05) is 54.7 Å². The van der Waals surface area contributed by atoms with Gasteiger partial charge in [-0.1, -0.05) is 54.6 Å². The fourth-order valence-electron chi connectivity index (χ4n) is 3.70. The van der Waals surface area contributed by atoms with Crippen LogP contribution in [0, 0.1) is 0 Å². The van der Waals surface area contributed by atoms with Gasteiger partial charge in [0.05, 0.1) is 12.8 Å². The SMILES string of the molecule is COc1cccc(-c2ccc3cc(-c4cccnc4)nc(OCc4ccccc4)c3c2)c1. The van der Waals surface area contributed by atoms with Gasteiger partial charge in [0.15, 0.2) is 0 Å². The van der Waals surface area contributed by atoms with Crippen molar-refractivity contribution in [1.82, 2.24) is 9.97 Å². The highest BCUT2D eigenvalue weighted by Gasteiger charge is 2.12. The molecule has 2 heterocycles. The van der Waals surface area contributed by atoms with Crippen LogP contribution >= 0.6 is 0 Å². The fraction of sp³-hybridized carbons (Fsp3) is 0.0714. The van der Waals surface area contributed by atoms with Gasteiger partial charge in [-0.2, -0.15) is 0 Å². The average Bonchev–Trinajstić information content (AvgIpc) is 2.88. The Morgan fingerprint density at radius 2 is 1.59 bits per heavy atom. The van der Waals surface area contributed by atoms with Gasteiger partial charge >= 0.3 is 0 Å². The summed E-state index contributed by atoms with van der Waals surface area (Å²) < 4.78 is 11.6. The van der Waals surface area contributed by atoms with E-state index in [0.717, 1.165) is 44.5 Å². The lowest BCUT2D eigenvalue weighted by molar-refractivity contribution is 0.298. The van der Waals surface area contributed by atoms with Crippen LogP contribution in [0.15, 0.2) is 103 Å². The highest BCUT2D eigenvalue weighted by atomic mass is 16.5. The molecule has 0 bridgehead atoms. The Bertz CT molecular complexity index is 1350. The van der Waals surface area contributed by atoms with E-state index in [1.165, 1.54) is 0 Å². The molecule has 5 aromatic rings. The molecule has 0 aliphatic rings. The van der Waals surface area contributed by atoms with E-state index in [-0.39, 0.29) is 0 Å². The summed E-state index contributed by atoms with van der Waals surface area (Å²) in [6.45, 7) is 0.447. The number of rotatable bonds is 6. The molecular weight excluding hydrogens is 396 g/mol. The van der Waals surface area contributed by atoms with Gasteiger partial charge in [-0.15, -0.1) is 0 Å². The molecule has 0 atom stereocenters. The van der Waals surface area contributed by atoms with Crippen molar-refractivity contribution in [3.05, 3.63) is 109 Å². The maximum Gasteiger partial charge on any atom is 0.222 e. The van der Waals surface area contributed by atoms with Crippen LogP contribution in [0.2, 0.25) is 0 Å². The Morgan fingerprint density at radius 3 is 2.41 bits per heavy atom. The van der Waals surface area contributed by atoms with E-state index in [2.05, 4.69) is 47.4 Å². The number of benzene rings is 3. The van der Waals surface area contributed by atoms with Crippen molar-refractivity contribution in [3.63, 3.8) is 0 Å². The van der Waals surface area contributed by atoms with Crippen molar-refractivity contribution in [2.24, 2.45) is 0 Å². The summed E-state index contributed by atoms with van der Waals surface area (Å²) in [6.07, 6.45) is 3.58. The molecule has 2 aromatic heterocycles. The Kier molecular flexibility index (Phi) is 5.50. The summed E-state index contributed by atoms with van der Waals surface area (Å²) in [7, 11) is 1.68. The molecular formula is C28H22N2O2. The van der Waals surface area contributed by atoms with E-state index < -0.39 is 0 Å². The molecule has 4 nitrogen and oxygen atoms in total. The van der Waals surface area contributed by atoms with Crippen LogP contribution < -0.4 is 9.47 Å². The summed E-state index contributed by atoms with van der Waals surface area (Å²) in [4.78, 5) is 9.11. The molecule has 0 aliphatic carbocycles. The minimum Gasteiger partial charge on any atom is -0.497 e. The predicted molar refractivity (Wildman–Crippen MR) is 128 cm³/mol. The van der Waals surface area contributed by atoms with Gasteiger partial charge in [0.25, 0.3) is 0 Å². The van der Waals surface area contributed by atoms with Crippen molar-refractivity contribution in [2.75, 3.05) is 7.11 Å². The first-order valence-corrected chi connectivity index (χ1v) is 10.5. The number of ether oxygens (including phenoxy) is 2. The van der Waals surface area contributed by atoms with Crippen LogP contribution in [0.5, 0.6) is 11.6 Å². The van der Waals surface area contributed by atoms with Gasteiger partial charge < -0.3 is 9.47 Å².